The van der Waals surface area contributed by atoms with Crippen LogP contribution in [0.4, 0.5) is 0 Å². The van der Waals surface area contributed by atoms with Crippen LogP contribution < -0.4 is 4.72 Å². The SMILES string of the molecule is CCS(=O)(=O)N(C)C1CCC(C[C@@H]2CCCN2C(=O)CN2CCC[C@H](NS(=O)(=O)c3cc4cc(Cl)ccc4s3)C2=O)C1. The van der Waals surface area contributed by atoms with E-state index in [-0.39, 0.29) is 40.4 Å². The van der Waals surface area contributed by atoms with Crippen molar-refractivity contribution >= 4 is 64.9 Å². The Balaban J connectivity index is 1.17. The number of sulfonamides is 2. The molecule has 42 heavy (non-hydrogen) atoms. The third kappa shape index (κ3) is 6.81. The summed E-state index contributed by atoms with van der Waals surface area (Å²) in [6.07, 6.45) is 6.15. The summed E-state index contributed by atoms with van der Waals surface area (Å²) in [4.78, 5) is 30.1. The summed E-state index contributed by atoms with van der Waals surface area (Å²) in [6, 6.07) is 5.89. The number of rotatable bonds is 10. The van der Waals surface area contributed by atoms with Gasteiger partial charge in [0.2, 0.25) is 21.8 Å². The van der Waals surface area contributed by atoms with Crippen LogP contribution in [0.2, 0.25) is 5.02 Å². The molecule has 1 aliphatic carbocycles. The number of amides is 2. The van der Waals surface area contributed by atoms with Crippen molar-refractivity contribution in [2.75, 3.05) is 32.4 Å². The number of carbonyl (C=O) groups is 2. The summed E-state index contributed by atoms with van der Waals surface area (Å²) < 4.78 is 56.0. The molecular weight excluding hydrogens is 620 g/mol. The van der Waals surface area contributed by atoms with Crippen LogP contribution in [0.15, 0.2) is 28.5 Å². The second kappa shape index (κ2) is 12.7. The maximum atomic E-state index is 13.4. The molecule has 5 rings (SSSR count). The molecule has 2 amide bonds. The topological polar surface area (TPSA) is 124 Å². The predicted molar refractivity (Wildman–Crippen MR) is 164 cm³/mol. The quantitative estimate of drug-likeness (QED) is 0.416. The van der Waals surface area contributed by atoms with Crippen LogP contribution in [-0.2, 0) is 29.6 Å². The van der Waals surface area contributed by atoms with Gasteiger partial charge in [0.05, 0.1) is 12.3 Å². The average Bonchev–Trinajstić information content (AvgIpc) is 3.70. The van der Waals surface area contributed by atoms with Crippen LogP contribution in [-0.4, -0.2) is 93.3 Å². The molecule has 3 aliphatic rings. The Hall–Kier alpha value is -1.77. The zero-order valence-corrected chi connectivity index (χ0v) is 27.2. The number of benzene rings is 1. The Morgan fingerprint density at radius 1 is 1.10 bits per heavy atom. The molecule has 2 aliphatic heterocycles. The zero-order chi connectivity index (χ0) is 30.2. The minimum atomic E-state index is -3.94. The molecule has 0 bridgehead atoms. The lowest BCUT2D eigenvalue weighted by Gasteiger charge is -2.34. The van der Waals surface area contributed by atoms with E-state index in [1.807, 2.05) is 4.90 Å². The van der Waals surface area contributed by atoms with Crippen molar-refractivity contribution in [2.45, 2.75) is 80.6 Å². The number of nitrogens with zero attached hydrogens (tertiary/aromatic N) is 3. The lowest BCUT2D eigenvalue weighted by Crippen LogP contribution is -2.54. The fourth-order valence-corrected chi connectivity index (χ4v) is 10.5. The minimum absolute atomic E-state index is 0.00236. The van der Waals surface area contributed by atoms with Gasteiger partial charge < -0.3 is 9.80 Å². The second-order valence-electron chi connectivity index (χ2n) is 11.7. The molecule has 0 spiro atoms. The maximum absolute atomic E-state index is 13.4. The number of piperidine rings is 1. The fraction of sp³-hybridized carbons (Fsp3) is 0.643. The van der Waals surface area contributed by atoms with Gasteiger partial charge in [0.15, 0.2) is 0 Å². The zero-order valence-electron chi connectivity index (χ0n) is 24.0. The molecule has 2 saturated heterocycles. The van der Waals surface area contributed by atoms with Gasteiger partial charge in [-0.2, -0.15) is 4.72 Å². The van der Waals surface area contributed by atoms with Crippen molar-refractivity contribution in [3.8, 4) is 0 Å². The first kappa shape index (κ1) is 31.6. The van der Waals surface area contributed by atoms with Crippen molar-refractivity contribution in [3.05, 3.63) is 29.3 Å². The van der Waals surface area contributed by atoms with E-state index in [4.69, 9.17) is 11.6 Å². The van der Waals surface area contributed by atoms with Gasteiger partial charge in [-0.1, -0.05) is 11.6 Å². The molecule has 232 valence electrons. The van der Waals surface area contributed by atoms with Crippen molar-refractivity contribution in [1.29, 1.82) is 0 Å². The second-order valence-corrected chi connectivity index (χ2v) is 17.5. The number of nitrogens with one attached hydrogen (secondary N) is 1. The normalized spacial score (nSPS) is 25.7. The first-order valence-electron chi connectivity index (χ1n) is 14.6. The molecule has 1 N–H and O–H groups in total. The Morgan fingerprint density at radius 2 is 1.86 bits per heavy atom. The molecule has 4 atom stereocenters. The van der Waals surface area contributed by atoms with Crippen LogP contribution in [0.3, 0.4) is 0 Å². The van der Waals surface area contributed by atoms with Crippen molar-refractivity contribution in [1.82, 2.24) is 18.8 Å². The fourth-order valence-electron chi connectivity index (χ4n) is 6.65. The number of halogens is 1. The lowest BCUT2D eigenvalue weighted by atomic mass is 9.96. The Bertz CT molecular complexity index is 1550. The molecule has 0 radical (unpaired) electrons. The van der Waals surface area contributed by atoms with E-state index >= 15 is 0 Å². The van der Waals surface area contributed by atoms with Gasteiger partial charge in [-0.25, -0.2) is 21.1 Å². The molecule has 10 nitrogen and oxygen atoms in total. The summed E-state index contributed by atoms with van der Waals surface area (Å²) in [5.74, 6) is -0.0517. The van der Waals surface area contributed by atoms with Crippen molar-refractivity contribution < 1.29 is 26.4 Å². The highest BCUT2D eigenvalue weighted by Crippen LogP contribution is 2.36. The van der Waals surface area contributed by atoms with Crippen LogP contribution >= 0.6 is 22.9 Å². The van der Waals surface area contributed by atoms with E-state index < -0.39 is 26.1 Å². The van der Waals surface area contributed by atoms with Crippen LogP contribution in [0, 0.1) is 5.92 Å². The van der Waals surface area contributed by atoms with E-state index in [9.17, 15) is 26.4 Å². The first-order chi connectivity index (χ1) is 19.9. The van der Waals surface area contributed by atoms with Gasteiger partial charge in [0.25, 0.3) is 10.0 Å². The van der Waals surface area contributed by atoms with Crippen LogP contribution in [0.1, 0.15) is 58.3 Å². The Labute approximate surface area is 257 Å². The summed E-state index contributed by atoms with van der Waals surface area (Å²) in [6.45, 7) is 2.63. The number of likely N-dealkylation sites (tertiary alicyclic amines) is 2. The lowest BCUT2D eigenvalue weighted by molar-refractivity contribution is -0.143. The van der Waals surface area contributed by atoms with E-state index in [0.717, 1.165) is 59.9 Å². The largest absolute Gasteiger partial charge is 0.338 e. The summed E-state index contributed by atoms with van der Waals surface area (Å²) >= 11 is 7.17. The summed E-state index contributed by atoms with van der Waals surface area (Å²) in [5, 5.41) is 1.24. The highest BCUT2D eigenvalue weighted by molar-refractivity contribution is 7.91. The average molecular weight is 659 g/mol. The predicted octanol–water partition coefficient (Wildman–Crippen LogP) is 3.66. The summed E-state index contributed by atoms with van der Waals surface area (Å²) in [5.41, 5.74) is 0. The van der Waals surface area contributed by atoms with Crippen LogP contribution in [0.5, 0.6) is 0 Å². The highest BCUT2D eigenvalue weighted by Gasteiger charge is 2.39. The van der Waals surface area contributed by atoms with Gasteiger partial charge in [-0.3, -0.25) is 9.59 Å². The van der Waals surface area contributed by atoms with Gasteiger partial charge in [-0.05, 0) is 93.9 Å². The maximum Gasteiger partial charge on any atom is 0.250 e. The first-order valence-corrected chi connectivity index (χ1v) is 18.9. The van der Waals surface area contributed by atoms with Crippen molar-refractivity contribution in [3.63, 3.8) is 0 Å². The Morgan fingerprint density at radius 3 is 2.62 bits per heavy atom. The van der Waals surface area contributed by atoms with E-state index in [1.165, 1.54) is 9.21 Å². The number of hydrogen-bond donors (Lipinski definition) is 1. The third-order valence-corrected chi connectivity index (χ3v) is 14.2. The molecule has 1 saturated carbocycles. The molecule has 2 aromatic rings. The van der Waals surface area contributed by atoms with Gasteiger partial charge in [-0.15, -0.1) is 11.3 Å². The minimum Gasteiger partial charge on any atom is -0.338 e. The molecule has 1 aromatic heterocycles. The molecular formula is C28H39ClN4O6S3. The molecule has 14 heteroatoms. The van der Waals surface area contributed by atoms with Crippen LogP contribution in [0.25, 0.3) is 10.1 Å². The number of carbonyl (C=O) groups excluding carboxylic acids is 2. The third-order valence-electron chi connectivity index (χ3n) is 9.01. The smallest absolute Gasteiger partial charge is 0.250 e. The van der Waals surface area contributed by atoms with Crippen molar-refractivity contribution in [2.24, 2.45) is 5.92 Å². The summed E-state index contributed by atoms with van der Waals surface area (Å²) in [7, 11) is -5.51. The molecule has 3 fully saturated rings. The number of fused-ring (bicyclic) bond motifs is 1. The van der Waals surface area contributed by atoms with Gasteiger partial charge in [0, 0.05) is 41.9 Å². The number of thiophene rings is 1. The Kier molecular flexibility index (Phi) is 9.56. The standard InChI is InChI=1S/C28H39ClN4O6S3/c1-3-41(36,37)31(2)22-10-8-19(14-22)15-23-6-4-13-33(23)26(34)18-32-12-5-7-24(28(32)35)30-42(38,39)27-17-20-16-21(29)9-11-25(20)40-27/h9,11,16-17,19,22-24,30H,3-8,10,12-15,18H2,1-2H3/t19?,22?,23-,24-/m0/s1. The van der Waals surface area contributed by atoms with Gasteiger partial charge in [0.1, 0.15) is 10.3 Å². The van der Waals surface area contributed by atoms with Gasteiger partial charge >= 0.3 is 0 Å². The van der Waals surface area contributed by atoms with E-state index in [1.54, 1.807) is 38.2 Å². The van der Waals surface area contributed by atoms with E-state index in [2.05, 4.69) is 4.72 Å². The molecule has 2 unspecified atom stereocenters. The van der Waals surface area contributed by atoms with E-state index in [0.29, 0.717) is 36.9 Å². The molecule has 1 aromatic carbocycles. The molecule has 3 heterocycles. The highest BCUT2D eigenvalue weighted by atomic mass is 35.5. The number of hydrogen-bond acceptors (Lipinski definition) is 7. The monoisotopic (exact) mass is 658 g/mol.